The van der Waals surface area contributed by atoms with Gasteiger partial charge in [-0.3, -0.25) is 10.1 Å². The fraction of sp³-hybridized carbons (Fsp3) is 0.538. The average Bonchev–Trinajstić information content (AvgIpc) is 2.39. The lowest BCUT2D eigenvalue weighted by molar-refractivity contribution is -0.385. The predicted molar refractivity (Wildman–Crippen MR) is 70.2 cm³/mol. The summed E-state index contributed by atoms with van der Waals surface area (Å²) in [5.41, 5.74) is -0.0353. The van der Waals surface area contributed by atoms with Gasteiger partial charge in [-0.05, 0) is 19.9 Å². The second kappa shape index (κ2) is 8.44. The normalized spacial score (nSPS) is 10.7. The van der Waals surface area contributed by atoms with Gasteiger partial charge in [0.05, 0.1) is 11.5 Å². The van der Waals surface area contributed by atoms with Gasteiger partial charge in [-0.15, -0.1) is 0 Å². The third-order valence-electron chi connectivity index (χ3n) is 2.38. The summed E-state index contributed by atoms with van der Waals surface area (Å²) in [6.07, 6.45) is 0.186. The fourth-order valence-electron chi connectivity index (χ4n) is 1.58. The van der Waals surface area contributed by atoms with Gasteiger partial charge in [0.1, 0.15) is 0 Å². The van der Waals surface area contributed by atoms with Crippen LogP contribution in [0.25, 0.3) is 0 Å². The summed E-state index contributed by atoms with van der Waals surface area (Å²) in [7, 11) is 0. The van der Waals surface area contributed by atoms with E-state index in [0.717, 1.165) is 0 Å². The molecule has 0 saturated heterocycles. The van der Waals surface area contributed by atoms with Gasteiger partial charge in [0, 0.05) is 25.7 Å². The van der Waals surface area contributed by atoms with Crippen LogP contribution in [0.3, 0.4) is 0 Å². The van der Waals surface area contributed by atoms with Crippen LogP contribution in [0.15, 0.2) is 24.3 Å². The van der Waals surface area contributed by atoms with Crippen LogP contribution in [0, 0.1) is 10.1 Å². The molecule has 1 aromatic rings. The van der Waals surface area contributed by atoms with Crippen LogP contribution in [-0.2, 0) is 9.47 Å². The van der Waals surface area contributed by atoms with Crippen LogP contribution in [0.5, 0.6) is 5.75 Å². The van der Waals surface area contributed by atoms with Gasteiger partial charge in [-0.2, -0.15) is 0 Å². The van der Waals surface area contributed by atoms with Crippen LogP contribution in [0.1, 0.15) is 20.3 Å². The maximum atomic E-state index is 10.8. The summed E-state index contributed by atoms with van der Waals surface area (Å²) in [4.78, 5) is 10.3. The highest BCUT2D eigenvalue weighted by Gasteiger charge is 2.14. The lowest BCUT2D eigenvalue weighted by Crippen LogP contribution is -2.20. The molecule has 0 radical (unpaired) electrons. The quantitative estimate of drug-likeness (QED) is 0.391. The first-order valence-corrected chi connectivity index (χ1v) is 6.28. The second-order valence-corrected chi connectivity index (χ2v) is 3.70. The van der Waals surface area contributed by atoms with Gasteiger partial charge in [-0.25, -0.2) is 0 Å². The molecule has 0 unspecified atom stereocenters. The van der Waals surface area contributed by atoms with E-state index >= 15 is 0 Å². The van der Waals surface area contributed by atoms with E-state index in [1.807, 2.05) is 13.8 Å². The Morgan fingerprint density at radius 1 is 1.21 bits per heavy atom. The summed E-state index contributed by atoms with van der Waals surface area (Å²) < 4.78 is 16.1. The molecule has 106 valence electrons. The lowest BCUT2D eigenvalue weighted by Gasteiger charge is -2.16. The number of ether oxygens (including phenoxy) is 3. The molecule has 0 heterocycles. The van der Waals surface area contributed by atoms with Crippen LogP contribution in [0.4, 0.5) is 5.69 Å². The minimum absolute atomic E-state index is 0.0353. The van der Waals surface area contributed by atoms with Gasteiger partial charge in [0.15, 0.2) is 12.0 Å². The number of hydrogen-bond donors (Lipinski definition) is 0. The Kier molecular flexibility index (Phi) is 6.84. The Morgan fingerprint density at radius 2 is 1.84 bits per heavy atom. The zero-order valence-electron chi connectivity index (χ0n) is 11.2. The number of nitro benzene ring substituents is 1. The number of rotatable bonds is 9. The zero-order valence-corrected chi connectivity index (χ0v) is 11.2. The summed E-state index contributed by atoms with van der Waals surface area (Å²) in [5, 5.41) is 10.8. The molecule has 0 saturated carbocycles. The first-order valence-electron chi connectivity index (χ1n) is 6.28. The first kappa shape index (κ1) is 15.4. The van der Waals surface area contributed by atoms with Crippen molar-refractivity contribution in [1.82, 2.24) is 0 Å². The molecule has 0 aliphatic rings. The van der Waals surface area contributed by atoms with Crippen molar-refractivity contribution < 1.29 is 19.1 Å². The number of para-hydroxylation sites is 2. The molecule has 19 heavy (non-hydrogen) atoms. The Balaban J connectivity index is 2.50. The summed E-state index contributed by atoms with van der Waals surface area (Å²) in [6, 6.07) is 6.30. The van der Waals surface area contributed by atoms with E-state index in [9.17, 15) is 10.1 Å². The topological polar surface area (TPSA) is 70.8 Å². The molecular formula is C13H19NO5. The van der Waals surface area contributed by atoms with Crippen LogP contribution in [0.2, 0.25) is 0 Å². The molecule has 0 spiro atoms. The number of nitrogens with zero attached hydrogens (tertiary/aromatic N) is 1. The lowest BCUT2D eigenvalue weighted by atomic mass is 10.3. The number of hydrogen-bond acceptors (Lipinski definition) is 5. The van der Waals surface area contributed by atoms with Gasteiger partial charge < -0.3 is 14.2 Å². The molecule has 0 atom stereocenters. The van der Waals surface area contributed by atoms with Crippen molar-refractivity contribution in [2.24, 2.45) is 0 Å². The van der Waals surface area contributed by atoms with Gasteiger partial charge in [0.2, 0.25) is 0 Å². The second-order valence-electron chi connectivity index (χ2n) is 3.70. The summed E-state index contributed by atoms with van der Waals surface area (Å²) in [5.74, 6) is 0.263. The van der Waals surface area contributed by atoms with E-state index < -0.39 is 4.92 Å². The molecule has 0 fully saturated rings. The average molecular weight is 269 g/mol. The number of nitro groups is 1. The van der Waals surface area contributed by atoms with Crippen molar-refractivity contribution in [3.05, 3.63) is 34.4 Å². The van der Waals surface area contributed by atoms with Crippen LogP contribution >= 0.6 is 0 Å². The third kappa shape index (κ3) is 5.23. The van der Waals surface area contributed by atoms with Crippen molar-refractivity contribution in [1.29, 1.82) is 0 Å². The molecule has 6 nitrogen and oxygen atoms in total. The van der Waals surface area contributed by atoms with E-state index in [1.165, 1.54) is 6.07 Å². The summed E-state index contributed by atoms with van der Waals surface area (Å²) in [6.45, 7) is 5.17. The number of benzene rings is 1. The minimum atomic E-state index is -0.460. The van der Waals surface area contributed by atoms with E-state index in [0.29, 0.717) is 26.2 Å². The van der Waals surface area contributed by atoms with Gasteiger partial charge in [0.25, 0.3) is 0 Å². The van der Waals surface area contributed by atoms with E-state index in [1.54, 1.807) is 18.2 Å². The highest BCUT2D eigenvalue weighted by atomic mass is 16.7. The van der Waals surface area contributed by atoms with Crippen molar-refractivity contribution in [3.8, 4) is 5.75 Å². The molecule has 1 aromatic carbocycles. The predicted octanol–water partition coefficient (Wildman–Crippen LogP) is 2.76. The first-order chi connectivity index (χ1) is 9.19. The molecule has 0 aliphatic carbocycles. The molecule has 0 bridgehead atoms. The molecule has 0 amide bonds. The molecule has 1 rings (SSSR count). The highest BCUT2D eigenvalue weighted by molar-refractivity contribution is 5.45. The summed E-state index contributed by atoms with van der Waals surface area (Å²) >= 11 is 0. The maximum Gasteiger partial charge on any atom is 0.310 e. The van der Waals surface area contributed by atoms with E-state index in [-0.39, 0.29) is 17.7 Å². The third-order valence-corrected chi connectivity index (χ3v) is 2.38. The Morgan fingerprint density at radius 3 is 2.42 bits per heavy atom. The highest BCUT2D eigenvalue weighted by Crippen LogP contribution is 2.25. The Labute approximate surface area is 112 Å². The molecule has 0 N–H and O–H groups in total. The van der Waals surface area contributed by atoms with Crippen molar-refractivity contribution in [3.63, 3.8) is 0 Å². The minimum Gasteiger partial charge on any atom is -0.487 e. The monoisotopic (exact) mass is 269 g/mol. The van der Waals surface area contributed by atoms with Gasteiger partial charge >= 0.3 is 5.69 Å². The zero-order chi connectivity index (χ0) is 14.1. The smallest absolute Gasteiger partial charge is 0.310 e. The SMILES string of the molecule is CCOC(CCOc1ccccc1[N+](=O)[O-])OCC. The van der Waals surface area contributed by atoms with E-state index in [4.69, 9.17) is 14.2 Å². The Bertz CT molecular complexity index is 390. The van der Waals surface area contributed by atoms with Crippen molar-refractivity contribution in [2.75, 3.05) is 19.8 Å². The molecule has 0 aliphatic heterocycles. The maximum absolute atomic E-state index is 10.8. The van der Waals surface area contributed by atoms with Gasteiger partial charge in [-0.1, -0.05) is 12.1 Å². The van der Waals surface area contributed by atoms with Crippen LogP contribution < -0.4 is 4.74 Å². The largest absolute Gasteiger partial charge is 0.487 e. The fourth-order valence-corrected chi connectivity index (χ4v) is 1.58. The molecule has 6 heteroatoms. The van der Waals surface area contributed by atoms with Crippen molar-refractivity contribution >= 4 is 5.69 Å². The molecular weight excluding hydrogens is 250 g/mol. The standard InChI is InChI=1S/C13H19NO5/c1-3-17-13(18-4-2)9-10-19-12-8-6-5-7-11(12)14(15)16/h5-8,13H,3-4,9-10H2,1-2H3. The Hall–Kier alpha value is -1.66. The van der Waals surface area contributed by atoms with Crippen LogP contribution in [-0.4, -0.2) is 31.0 Å². The molecule has 0 aromatic heterocycles. The van der Waals surface area contributed by atoms with E-state index in [2.05, 4.69) is 0 Å². The van der Waals surface area contributed by atoms with Crippen molar-refractivity contribution in [2.45, 2.75) is 26.6 Å².